The number of imidazole rings is 1. The number of ether oxygens (including phenoxy) is 1. The van der Waals surface area contributed by atoms with E-state index in [9.17, 15) is 4.79 Å². The first-order valence-corrected chi connectivity index (χ1v) is 9.94. The smallest absolute Gasteiger partial charge is 0.251 e. The van der Waals surface area contributed by atoms with Crippen LogP contribution in [0.5, 0.6) is 5.75 Å². The molecule has 1 saturated heterocycles. The van der Waals surface area contributed by atoms with Crippen LogP contribution < -0.4 is 15.0 Å². The van der Waals surface area contributed by atoms with Crippen LogP contribution in [0.3, 0.4) is 0 Å². The number of benzene rings is 2. The van der Waals surface area contributed by atoms with Gasteiger partial charge in [-0.2, -0.15) is 0 Å². The highest BCUT2D eigenvalue weighted by molar-refractivity contribution is 5.95. The fourth-order valence-corrected chi connectivity index (χ4v) is 3.77. The van der Waals surface area contributed by atoms with E-state index < -0.39 is 0 Å². The van der Waals surface area contributed by atoms with Crippen molar-refractivity contribution in [2.45, 2.75) is 25.8 Å². The Morgan fingerprint density at radius 2 is 1.90 bits per heavy atom. The largest absolute Gasteiger partial charge is 0.495 e. The summed E-state index contributed by atoms with van der Waals surface area (Å²) in [5.41, 5.74) is 3.64. The molecule has 3 aromatic rings. The summed E-state index contributed by atoms with van der Waals surface area (Å²) in [6, 6.07) is 16.1. The molecule has 1 N–H and O–H groups in total. The van der Waals surface area contributed by atoms with Gasteiger partial charge >= 0.3 is 0 Å². The number of nitrogens with one attached hydrogen (secondary N) is 1. The third-order valence-electron chi connectivity index (χ3n) is 5.38. The van der Waals surface area contributed by atoms with E-state index in [1.165, 1.54) is 5.69 Å². The monoisotopic (exact) mass is 390 g/mol. The molecule has 4 rings (SSSR count). The summed E-state index contributed by atoms with van der Waals surface area (Å²) in [4.78, 5) is 19.4. The molecule has 6 heteroatoms. The van der Waals surface area contributed by atoms with Crippen molar-refractivity contribution in [1.29, 1.82) is 0 Å². The van der Waals surface area contributed by atoms with Crippen molar-refractivity contribution in [3.05, 3.63) is 72.3 Å². The fourth-order valence-electron chi connectivity index (χ4n) is 3.77. The molecule has 0 aliphatic carbocycles. The molecule has 2 aromatic carbocycles. The Kier molecular flexibility index (Phi) is 5.51. The molecule has 1 aromatic heterocycles. The molecule has 0 atom stereocenters. The first-order valence-electron chi connectivity index (χ1n) is 9.94. The van der Waals surface area contributed by atoms with Crippen molar-refractivity contribution >= 4 is 11.6 Å². The molecule has 1 amide bonds. The molecule has 6 nitrogen and oxygen atoms in total. The third-order valence-corrected chi connectivity index (χ3v) is 5.38. The van der Waals surface area contributed by atoms with Crippen molar-refractivity contribution in [3.63, 3.8) is 0 Å². The summed E-state index contributed by atoms with van der Waals surface area (Å²) < 4.78 is 7.42. The molecule has 0 unspecified atom stereocenters. The standard InChI is InChI=1S/C23H26N4O2/c1-17-15-27(16-24-17)21-9-8-18(14-22(21)29-2)23(28)25-19-10-12-26(13-11-19)20-6-4-3-5-7-20/h3-9,14-16,19H,10-13H2,1-2H3,(H,25,28). The second kappa shape index (κ2) is 8.39. The lowest BCUT2D eigenvalue weighted by atomic mass is 10.0. The predicted molar refractivity (Wildman–Crippen MR) is 114 cm³/mol. The number of piperidine rings is 1. The van der Waals surface area contributed by atoms with Crippen molar-refractivity contribution in [2.24, 2.45) is 0 Å². The lowest BCUT2D eigenvalue weighted by Gasteiger charge is -2.34. The molecular formula is C23H26N4O2. The van der Waals surface area contributed by atoms with Gasteiger partial charge in [-0.15, -0.1) is 0 Å². The number of amides is 1. The number of rotatable bonds is 5. The number of anilines is 1. The fraction of sp³-hybridized carbons (Fsp3) is 0.304. The van der Waals surface area contributed by atoms with Crippen LogP contribution in [0.25, 0.3) is 5.69 Å². The lowest BCUT2D eigenvalue weighted by molar-refractivity contribution is 0.0931. The van der Waals surface area contributed by atoms with Crippen molar-refractivity contribution in [1.82, 2.24) is 14.9 Å². The van der Waals surface area contributed by atoms with E-state index in [1.807, 2.05) is 35.9 Å². The van der Waals surface area contributed by atoms with Crippen LogP contribution >= 0.6 is 0 Å². The van der Waals surface area contributed by atoms with Gasteiger partial charge < -0.3 is 19.5 Å². The van der Waals surface area contributed by atoms with Crippen LogP contribution in [-0.4, -0.2) is 41.7 Å². The average Bonchev–Trinajstić information content (AvgIpc) is 3.20. The molecule has 0 bridgehead atoms. The number of hydrogen-bond donors (Lipinski definition) is 1. The molecular weight excluding hydrogens is 364 g/mol. The van der Waals surface area contributed by atoms with Crippen LogP contribution in [0, 0.1) is 6.92 Å². The van der Waals surface area contributed by atoms with Crippen LogP contribution in [-0.2, 0) is 0 Å². The van der Waals surface area contributed by atoms with E-state index in [2.05, 4.69) is 39.5 Å². The van der Waals surface area contributed by atoms with E-state index in [-0.39, 0.29) is 11.9 Å². The van der Waals surface area contributed by atoms with E-state index in [0.717, 1.165) is 37.3 Å². The maximum atomic E-state index is 12.8. The molecule has 1 aliphatic rings. The van der Waals surface area contributed by atoms with Gasteiger partial charge in [-0.1, -0.05) is 18.2 Å². The summed E-state index contributed by atoms with van der Waals surface area (Å²) in [5, 5.41) is 3.18. The first-order chi connectivity index (χ1) is 14.1. The number of methoxy groups -OCH3 is 1. The minimum atomic E-state index is -0.0603. The summed E-state index contributed by atoms with van der Waals surface area (Å²) >= 11 is 0. The lowest BCUT2D eigenvalue weighted by Crippen LogP contribution is -2.44. The number of nitrogens with zero attached hydrogens (tertiary/aromatic N) is 3. The van der Waals surface area contributed by atoms with Gasteiger partial charge in [0, 0.05) is 36.6 Å². The Labute approximate surface area is 171 Å². The second-order valence-corrected chi connectivity index (χ2v) is 7.38. The number of carbonyl (C=O) groups excluding carboxylic acids is 1. The Morgan fingerprint density at radius 3 is 2.55 bits per heavy atom. The van der Waals surface area contributed by atoms with E-state index >= 15 is 0 Å². The maximum absolute atomic E-state index is 12.8. The molecule has 29 heavy (non-hydrogen) atoms. The van der Waals surface area contributed by atoms with E-state index in [0.29, 0.717) is 11.3 Å². The van der Waals surface area contributed by atoms with E-state index in [4.69, 9.17) is 4.74 Å². The predicted octanol–water partition coefficient (Wildman–Crippen LogP) is 3.59. The second-order valence-electron chi connectivity index (χ2n) is 7.38. The Bertz CT molecular complexity index is 976. The molecule has 1 aliphatic heterocycles. The zero-order valence-corrected chi connectivity index (χ0v) is 16.8. The van der Waals surface area contributed by atoms with Crippen molar-refractivity contribution in [2.75, 3.05) is 25.1 Å². The summed E-state index contributed by atoms with van der Waals surface area (Å²) in [7, 11) is 1.61. The maximum Gasteiger partial charge on any atom is 0.251 e. The first kappa shape index (κ1) is 19.1. The molecule has 0 spiro atoms. The number of carbonyl (C=O) groups is 1. The van der Waals surface area contributed by atoms with Crippen LogP contribution in [0.15, 0.2) is 61.1 Å². The minimum Gasteiger partial charge on any atom is -0.495 e. The van der Waals surface area contributed by atoms with Gasteiger partial charge in [0.15, 0.2) is 0 Å². The summed E-state index contributed by atoms with van der Waals surface area (Å²) in [6.07, 6.45) is 5.54. The van der Waals surface area contributed by atoms with Gasteiger partial charge in [0.05, 0.1) is 24.8 Å². The SMILES string of the molecule is COc1cc(C(=O)NC2CCN(c3ccccc3)CC2)ccc1-n1cnc(C)c1. The van der Waals surface area contributed by atoms with Gasteiger partial charge in [0.25, 0.3) is 5.91 Å². The van der Waals surface area contributed by atoms with Crippen LogP contribution in [0.2, 0.25) is 0 Å². The number of aryl methyl sites for hydroxylation is 1. The van der Waals surface area contributed by atoms with Crippen LogP contribution in [0.1, 0.15) is 28.9 Å². The molecule has 0 radical (unpaired) electrons. The van der Waals surface area contributed by atoms with Gasteiger partial charge in [0.1, 0.15) is 5.75 Å². The molecule has 2 heterocycles. The van der Waals surface area contributed by atoms with Gasteiger partial charge in [-0.3, -0.25) is 4.79 Å². The molecule has 150 valence electrons. The third kappa shape index (κ3) is 4.26. The topological polar surface area (TPSA) is 59.4 Å². The highest BCUT2D eigenvalue weighted by atomic mass is 16.5. The minimum absolute atomic E-state index is 0.0603. The quantitative estimate of drug-likeness (QED) is 0.723. The zero-order valence-electron chi connectivity index (χ0n) is 16.8. The van der Waals surface area contributed by atoms with Gasteiger partial charge in [0.2, 0.25) is 0 Å². The summed E-state index contributed by atoms with van der Waals surface area (Å²) in [6.45, 7) is 3.82. The number of aromatic nitrogens is 2. The zero-order chi connectivity index (χ0) is 20.2. The highest BCUT2D eigenvalue weighted by Crippen LogP contribution is 2.25. The Balaban J connectivity index is 1.40. The number of hydrogen-bond acceptors (Lipinski definition) is 4. The Hall–Kier alpha value is -3.28. The highest BCUT2D eigenvalue weighted by Gasteiger charge is 2.22. The average molecular weight is 390 g/mol. The number of para-hydroxylation sites is 1. The van der Waals surface area contributed by atoms with E-state index in [1.54, 1.807) is 19.5 Å². The van der Waals surface area contributed by atoms with Gasteiger partial charge in [-0.25, -0.2) is 4.98 Å². The molecule has 0 saturated carbocycles. The normalized spacial score (nSPS) is 14.6. The van der Waals surface area contributed by atoms with Crippen LogP contribution in [0.4, 0.5) is 5.69 Å². The van der Waals surface area contributed by atoms with Crippen molar-refractivity contribution in [3.8, 4) is 11.4 Å². The van der Waals surface area contributed by atoms with Crippen molar-refractivity contribution < 1.29 is 9.53 Å². The summed E-state index contributed by atoms with van der Waals surface area (Å²) in [5.74, 6) is 0.587. The van der Waals surface area contributed by atoms with Gasteiger partial charge in [-0.05, 0) is 50.1 Å². The Morgan fingerprint density at radius 1 is 1.14 bits per heavy atom. The molecule has 1 fully saturated rings.